The molecule has 1 aromatic rings. The Morgan fingerprint density at radius 2 is 2.05 bits per heavy atom. The van der Waals surface area contributed by atoms with E-state index in [9.17, 15) is 10.1 Å². The van der Waals surface area contributed by atoms with Crippen molar-refractivity contribution in [2.45, 2.75) is 59.9 Å². The van der Waals surface area contributed by atoms with Crippen molar-refractivity contribution in [3.63, 3.8) is 0 Å². The third kappa shape index (κ3) is 4.49. The molecule has 0 fully saturated rings. The molecule has 0 radical (unpaired) electrons. The van der Waals surface area contributed by atoms with Gasteiger partial charge in [-0.3, -0.25) is 15.1 Å². The zero-order chi connectivity index (χ0) is 16.0. The third-order valence-corrected chi connectivity index (χ3v) is 4.16. The normalized spacial score (nSPS) is 14.0. The Morgan fingerprint density at radius 1 is 1.38 bits per heavy atom. The summed E-state index contributed by atoms with van der Waals surface area (Å²) in [5, 5.41) is 14.7. The zero-order valence-corrected chi connectivity index (χ0v) is 13.8. The minimum Gasteiger partial charge on any atom is -0.314 e. The summed E-state index contributed by atoms with van der Waals surface area (Å²) in [7, 11) is 0. The summed E-state index contributed by atoms with van der Waals surface area (Å²) in [6.07, 6.45) is 4.54. The molecule has 5 nitrogen and oxygen atoms in total. The lowest BCUT2D eigenvalue weighted by atomic mass is 9.91. The molecule has 118 valence electrons. The predicted octanol–water partition coefficient (Wildman–Crippen LogP) is 3.56. The van der Waals surface area contributed by atoms with Gasteiger partial charge in [-0.05, 0) is 46.1 Å². The molecule has 0 aliphatic carbocycles. The van der Waals surface area contributed by atoms with Gasteiger partial charge < -0.3 is 5.32 Å². The Morgan fingerprint density at radius 3 is 2.57 bits per heavy atom. The van der Waals surface area contributed by atoms with E-state index in [1.54, 1.807) is 13.1 Å². The highest BCUT2D eigenvalue weighted by Gasteiger charge is 2.22. The predicted molar refractivity (Wildman–Crippen MR) is 85.6 cm³/mol. The van der Waals surface area contributed by atoms with Gasteiger partial charge in [0.2, 0.25) is 0 Å². The molecule has 2 unspecified atom stereocenters. The van der Waals surface area contributed by atoms with Crippen molar-refractivity contribution in [3.05, 3.63) is 33.1 Å². The number of nitrogens with zero attached hydrogens (tertiary/aromatic N) is 2. The molecular weight excluding hydrogens is 266 g/mol. The quantitative estimate of drug-likeness (QED) is 0.588. The lowest BCUT2D eigenvalue weighted by Crippen LogP contribution is -2.35. The van der Waals surface area contributed by atoms with Crippen LogP contribution in [0.1, 0.15) is 50.4 Å². The Labute approximate surface area is 127 Å². The summed E-state index contributed by atoms with van der Waals surface area (Å²) >= 11 is 0. The molecule has 0 amide bonds. The Kier molecular flexibility index (Phi) is 6.75. The molecule has 0 aromatic carbocycles. The number of hydrogen-bond acceptors (Lipinski definition) is 4. The Balaban J connectivity index is 2.95. The van der Waals surface area contributed by atoms with Gasteiger partial charge >= 0.3 is 0 Å². The second-order valence-corrected chi connectivity index (χ2v) is 5.73. The smallest absolute Gasteiger partial charge is 0.278 e. The van der Waals surface area contributed by atoms with Crippen molar-refractivity contribution in [2.24, 2.45) is 5.92 Å². The highest BCUT2D eigenvalue weighted by atomic mass is 16.6. The van der Waals surface area contributed by atoms with Gasteiger partial charge in [0.25, 0.3) is 5.69 Å². The second kappa shape index (κ2) is 8.08. The molecule has 0 aliphatic rings. The van der Waals surface area contributed by atoms with Crippen LogP contribution in [-0.4, -0.2) is 22.5 Å². The van der Waals surface area contributed by atoms with Crippen LogP contribution in [0.25, 0.3) is 0 Å². The molecular formula is C16H27N3O2. The number of hydrogen-bond donors (Lipinski definition) is 1. The van der Waals surface area contributed by atoms with Gasteiger partial charge in [-0.15, -0.1) is 0 Å². The van der Waals surface area contributed by atoms with Gasteiger partial charge in [0.15, 0.2) is 0 Å². The minimum absolute atomic E-state index is 0.212. The standard InChI is InChI=1S/C16H27N3O2/c1-6-8-17-13(5)14(7-2)9-15-12(4)16(19(20)21)11(3)10-18-15/h10,13-14,17H,6-9H2,1-5H3. The van der Waals surface area contributed by atoms with Crippen LogP contribution >= 0.6 is 0 Å². The van der Waals surface area contributed by atoms with Crippen LogP contribution in [0, 0.1) is 29.9 Å². The minimum atomic E-state index is -0.296. The summed E-state index contributed by atoms with van der Waals surface area (Å²) in [6, 6.07) is 0.386. The van der Waals surface area contributed by atoms with Crippen molar-refractivity contribution >= 4 is 5.69 Å². The number of rotatable bonds is 8. The summed E-state index contributed by atoms with van der Waals surface area (Å²) in [4.78, 5) is 15.3. The van der Waals surface area contributed by atoms with Gasteiger partial charge in [0.1, 0.15) is 0 Å². The highest BCUT2D eigenvalue weighted by Crippen LogP contribution is 2.26. The lowest BCUT2D eigenvalue weighted by molar-refractivity contribution is -0.386. The maximum Gasteiger partial charge on any atom is 0.278 e. The van der Waals surface area contributed by atoms with E-state index in [4.69, 9.17) is 0 Å². The molecule has 5 heteroatoms. The molecule has 1 aromatic heterocycles. The molecule has 0 bridgehead atoms. The first-order valence-corrected chi connectivity index (χ1v) is 7.75. The van der Waals surface area contributed by atoms with Crippen molar-refractivity contribution in [1.29, 1.82) is 0 Å². The Hall–Kier alpha value is -1.49. The number of nitro groups is 1. The Bertz CT molecular complexity index is 489. The molecule has 0 spiro atoms. The summed E-state index contributed by atoms with van der Waals surface area (Å²) < 4.78 is 0. The van der Waals surface area contributed by atoms with Crippen LogP contribution in [0.5, 0.6) is 0 Å². The fourth-order valence-electron chi connectivity index (χ4n) is 2.71. The number of aromatic nitrogens is 1. The van der Waals surface area contributed by atoms with Crippen LogP contribution in [-0.2, 0) is 6.42 Å². The highest BCUT2D eigenvalue weighted by molar-refractivity contribution is 5.47. The fourth-order valence-corrected chi connectivity index (χ4v) is 2.71. The van der Waals surface area contributed by atoms with Crippen molar-refractivity contribution < 1.29 is 4.92 Å². The van der Waals surface area contributed by atoms with Crippen molar-refractivity contribution in [1.82, 2.24) is 10.3 Å². The summed E-state index contributed by atoms with van der Waals surface area (Å²) in [6.45, 7) is 11.0. The number of nitrogens with one attached hydrogen (secondary N) is 1. The van der Waals surface area contributed by atoms with E-state index in [1.165, 1.54) is 0 Å². The average molecular weight is 293 g/mol. The van der Waals surface area contributed by atoms with Gasteiger partial charge in [-0.2, -0.15) is 0 Å². The first-order valence-electron chi connectivity index (χ1n) is 7.75. The average Bonchev–Trinajstić information content (AvgIpc) is 2.43. The monoisotopic (exact) mass is 293 g/mol. The third-order valence-electron chi connectivity index (χ3n) is 4.16. The first-order chi connectivity index (χ1) is 9.92. The lowest BCUT2D eigenvalue weighted by Gasteiger charge is -2.24. The summed E-state index contributed by atoms with van der Waals surface area (Å²) in [5.74, 6) is 0.435. The molecule has 1 heterocycles. The first kappa shape index (κ1) is 17.6. The van der Waals surface area contributed by atoms with Crippen molar-refractivity contribution in [2.75, 3.05) is 6.54 Å². The van der Waals surface area contributed by atoms with E-state index < -0.39 is 0 Å². The van der Waals surface area contributed by atoms with Crippen LogP contribution in [0.15, 0.2) is 6.20 Å². The maximum atomic E-state index is 11.2. The number of pyridine rings is 1. The van der Waals surface area contributed by atoms with Gasteiger partial charge in [0.05, 0.1) is 10.6 Å². The van der Waals surface area contributed by atoms with Gasteiger partial charge in [-0.1, -0.05) is 20.3 Å². The van der Waals surface area contributed by atoms with Crippen LogP contribution in [0.2, 0.25) is 0 Å². The topological polar surface area (TPSA) is 68.1 Å². The largest absolute Gasteiger partial charge is 0.314 e. The molecule has 2 atom stereocenters. The van der Waals surface area contributed by atoms with E-state index in [1.807, 2.05) is 6.92 Å². The summed E-state index contributed by atoms with van der Waals surface area (Å²) in [5.41, 5.74) is 2.40. The molecule has 0 saturated carbocycles. The van der Waals surface area contributed by atoms with E-state index in [0.717, 1.165) is 31.5 Å². The SMILES string of the molecule is CCCNC(C)C(CC)Cc1ncc(C)c([N+](=O)[O-])c1C. The van der Waals surface area contributed by atoms with E-state index in [0.29, 0.717) is 23.1 Å². The molecule has 21 heavy (non-hydrogen) atoms. The van der Waals surface area contributed by atoms with Crippen LogP contribution in [0.4, 0.5) is 5.69 Å². The molecule has 1 rings (SSSR count). The maximum absolute atomic E-state index is 11.2. The molecule has 0 aliphatic heterocycles. The van der Waals surface area contributed by atoms with E-state index >= 15 is 0 Å². The van der Waals surface area contributed by atoms with E-state index in [-0.39, 0.29) is 10.6 Å². The van der Waals surface area contributed by atoms with E-state index in [2.05, 4.69) is 31.1 Å². The second-order valence-electron chi connectivity index (χ2n) is 5.73. The van der Waals surface area contributed by atoms with Gasteiger partial charge in [-0.25, -0.2) is 0 Å². The fraction of sp³-hybridized carbons (Fsp3) is 0.688. The van der Waals surface area contributed by atoms with Crippen LogP contribution in [0.3, 0.4) is 0 Å². The van der Waals surface area contributed by atoms with Crippen LogP contribution < -0.4 is 5.32 Å². The molecule has 0 saturated heterocycles. The van der Waals surface area contributed by atoms with Crippen molar-refractivity contribution in [3.8, 4) is 0 Å². The zero-order valence-electron chi connectivity index (χ0n) is 13.8. The molecule has 1 N–H and O–H groups in total. The van der Waals surface area contributed by atoms with Gasteiger partial charge in [0, 0.05) is 23.4 Å². The number of aryl methyl sites for hydroxylation is 1.